The second-order valence-electron chi connectivity index (χ2n) is 2.34. The van der Waals surface area contributed by atoms with Crippen molar-refractivity contribution in [2.75, 3.05) is 0 Å². The van der Waals surface area contributed by atoms with E-state index < -0.39 is 29.3 Å². The van der Waals surface area contributed by atoms with Gasteiger partial charge in [0.05, 0.1) is 0 Å². The predicted octanol–water partition coefficient (Wildman–Crippen LogP) is -10.3. The summed E-state index contributed by atoms with van der Waals surface area (Å²) in [5, 5.41) is 86.0. The van der Waals surface area contributed by atoms with Crippen LogP contribution in [0.4, 0.5) is 0 Å². The van der Waals surface area contributed by atoms with Crippen molar-refractivity contribution in [2.24, 2.45) is 0 Å². The van der Waals surface area contributed by atoms with E-state index in [1.165, 1.54) is 0 Å². The van der Waals surface area contributed by atoms with E-state index in [4.69, 9.17) is 60.3 Å². The summed E-state index contributed by atoms with van der Waals surface area (Å²) in [5.41, 5.74) is 0. The van der Waals surface area contributed by atoms with Crippen molar-refractivity contribution in [3.8, 4) is 0 Å². The smallest absolute Gasteiger partial charge is 0.402 e. The Morgan fingerprint density at radius 2 is 0.826 bits per heavy atom. The van der Waals surface area contributed by atoms with E-state index in [0.29, 0.717) is 0 Å². The van der Waals surface area contributed by atoms with Gasteiger partial charge in [-0.25, -0.2) is 0 Å². The van der Waals surface area contributed by atoms with Crippen molar-refractivity contribution < 1.29 is 79.1 Å². The maximum atomic E-state index is 7.17. The minimum atomic E-state index is -2.17. The standard InChI is InChI=1S/C5H4N.4BH3O3.Li/c1-2-4-6-5-3-1;4*2-1(3)4;/h1-4H;4*2-4H;/q-1;;;;;+1. The predicted molar refractivity (Wildman–Crippen MR) is 72.7 cm³/mol. The van der Waals surface area contributed by atoms with Crippen LogP contribution in [0.5, 0.6) is 0 Å². The van der Waals surface area contributed by atoms with E-state index in [-0.39, 0.29) is 18.9 Å². The fraction of sp³-hybridized carbons (Fsp3) is 0. The van der Waals surface area contributed by atoms with Gasteiger partial charge in [0.1, 0.15) is 0 Å². The number of aromatic nitrogens is 1. The summed E-state index contributed by atoms with van der Waals surface area (Å²) < 4.78 is 0. The monoisotopic (exact) mass is 333 g/mol. The van der Waals surface area contributed by atoms with Gasteiger partial charge < -0.3 is 65.3 Å². The first kappa shape index (κ1) is 34.0. The number of nitrogens with zero attached hydrogens (tertiary/aromatic N) is 1. The molecule has 0 amide bonds. The molecule has 0 unspecified atom stereocenters. The molecule has 1 aromatic rings. The molecule has 0 bridgehead atoms. The fourth-order valence-electron chi connectivity index (χ4n) is 0.277. The van der Waals surface area contributed by atoms with Crippen LogP contribution in [-0.4, -0.2) is 94.6 Å². The van der Waals surface area contributed by atoms with Crippen molar-refractivity contribution in [1.82, 2.24) is 4.98 Å². The minimum absolute atomic E-state index is 0. The van der Waals surface area contributed by atoms with Crippen molar-refractivity contribution in [3.05, 3.63) is 30.6 Å². The van der Waals surface area contributed by atoms with E-state index in [9.17, 15) is 0 Å². The Kier molecular flexibility index (Phi) is 43.6. The molecule has 23 heavy (non-hydrogen) atoms. The average Bonchev–Trinajstić information content (AvgIpc) is 2.28. The van der Waals surface area contributed by atoms with Gasteiger partial charge in [-0.05, 0) is 0 Å². The van der Waals surface area contributed by atoms with Crippen LogP contribution in [0.1, 0.15) is 0 Å². The quantitative estimate of drug-likeness (QED) is 0.156. The maximum absolute atomic E-state index is 7.17. The molecule has 1 heterocycles. The zero-order valence-electron chi connectivity index (χ0n) is 11.9. The van der Waals surface area contributed by atoms with Crippen LogP contribution in [-0.2, 0) is 0 Å². The molecule has 0 radical (unpaired) electrons. The fourth-order valence-corrected chi connectivity index (χ4v) is 0.277. The van der Waals surface area contributed by atoms with Crippen LogP contribution < -0.4 is 18.9 Å². The van der Waals surface area contributed by atoms with Gasteiger partial charge in [0.25, 0.3) is 0 Å². The Bertz CT molecular complexity index is 211. The normalized spacial score (nSPS) is 6.78. The van der Waals surface area contributed by atoms with Gasteiger partial charge in [-0.2, -0.15) is 18.2 Å². The van der Waals surface area contributed by atoms with Crippen LogP contribution in [0.25, 0.3) is 0 Å². The van der Waals surface area contributed by atoms with Gasteiger partial charge >= 0.3 is 48.1 Å². The van der Waals surface area contributed by atoms with Crippen molar-refractivity contribution in [3.63, 3.8) is 0 Å². The molecule has 0 aliphatic rings. The van der Waals surface area contributed by atoms with E-state index in [1.807, 2.05) is 12.1 Å². The molecule has 0 fully saturated rings. The molecule has 1 rings (SSSR count). The third-order valence-corrected chi connectivity index (χ3v) is 0.517. The van der Waals surface area contributed by atoms with Gasteiger partial charge in [-0.1, -0.05) is 12.4 Å². The van der Waals surface area contributed by atoms with E-state index >= 15 is 0 Å². The minimum Gasteiger partial charge on any atom is -0.402 e. The van der Waals surface area contributed by atoms with Crippen LogP contribution in [0.2, 0.25) is 0 Å². The summed E-state index contributed by atoms with van der Waals surface area (Å²) >= 11 is 0. The van der Waals surface area contributed by atoms with E-state index in [2.05, 4.69) is 11.2 Å². The van der Waals surface area contributed by atoms with Crippen molar-refractivity contribution in [1.29, 1.82) is 0 Å². The Morgan fingerprint density at radius 1 is 0.565 bits per heavy atom. The third-order valence-electron chi connectivity index (χ3n) is 0.517. The molecule has 0 aliphatic heterocycles. The summed E-state index contributed by atoms with van der Waals surface area (Å²) in [6.07, 6.45) is 4.34. The summed E-state index contributed by atoms with van der Waals surface area (Å²) in [4.78, 5) is 3.66. The number of pyridine rings is 1. The first-order chi connectivity index (χ1) is 9.93. The first-order valence-corrected chi connectivity index (χ1v) is 4.87. The van der Waals surface area contributed by atoms with Crippen molar-refractivity contribution >= 4 is 29.3 Å². The average molecular weight is 332 g/mol. The maximum Gasteiger partial charge on any atom is 1.00 e. The first-order valence-electron chi connectivity index (χ1n) is 4.87. The summed E-state index contributed by atoms with van der Waals surface area (Å²) in [6, 6.07) is 5.50. The van der Waals surface area contributed by atoms with Gasteiger partial charge in [0, 0.05) is 0 Å². The molecule has 0 atom stereocenters. The van der Waals surface area contributed by atoms with Crippen LogP contribution in [0.3, 0.4) is 0 Å². The molecule has 0 spiro atoms. The molecule has 0 saturated carbocycles. The van der Waals surface area contributed by atoms with Gasteiger partial charge in [-0.15, -0.1) is 0 Å². The largest absolute Gasteiger partial charge is 1.00 e. The second-order valence-corrected chi connectivity index (χ2v) is 2.34. The molecular formula is C5H16B4LiNO12. The summed E-state index contributed by atoms with van der Waals surface area (Å²) in [5.74, 6) is 0. The Morgan fingerprint density at radius 3 is 0.870 bits per heavy atom. The Balaban J connectivity index is -0.0000000591. The molecule has 0 aliphatic carbocycles. The number of hydrogen-bond donors (Lipinski definition) is 12. The molecule has 13 nitrogen and oxygen atoms in total. The Hall–Kier alpha value is -0.473. The number of rotatable bonds is 0. The zero-order chi connectivity index (χ0) is 18.6. The van der Waals surface area contributed by atoms with Gasteiger partial charge in [-0.3, -0.25) is 0 Å². The van der Waals surface area contributed by atoms with Gasteiger partial charge in [0.2, 0.25) is 0 Å². The topological polar surface area (TPSA) is 256 Å². The second kappa shape index (κ2) is 29.5. The van der Waals surface area contributed by atoms with E-state index in [0.717, 1.165) is 0 Å². The van der Waals surface area contributed by atoms with Crippen LogP contribution in [0, 0.1) is 6.20 Å². The zero-order valence-corrected chi connectivity index (χ0v) is 11.9. The molecule has 18 heteroatoms. The molecule has 12 N–H and O–H groups in total. The van der Waals surface area contributed by atoms with E-state index in [1.54, 1.807) is 12.3 Å². The summed E-state index contributed by atoms with van der Waals surface area (Å²) in [6.45, 7) is 0. The van der Waals surface area contributed by atoms with Gasteiger partial charge in [0.15, 0.2) is 0 Å². The van der Waals surface area contributed by atoms with Crippen molar-refractivity contribution in [2.45, 2.75) is 0 Å². The van der Waals surface area contributed by atoms with Crippen LogP contribution in [0.15, 0.2) is 24.4 Å². The number of hydrogen-bond acceptors (Lipinski definition) is 13. The molecule has 1 aromatic heterocycles. The SMILES string of the molecule is OB(O)O.OB(O)O.OB(O)O.OB(O)O.[Li+].[c-]1ccccn1. The molecular weight excluding hydrogens is 316 g/mol. The molecule has 126 valence electrons. The third kappa shape index (κ3) is 269. The summed E-state index contributed by atoms with van der Waals surface area (Å²) in [7, 11) is -8.67. The molecule has 0 aromatic carbocycles. The molecule has 0 saturated heterocycles. The Labute approximate surface area is 144 Å². The van der Waals surface area contributed by atoms with Crippen LogP contribution >= 0.6 is 0 Å².